The van der Waals surface area contributed by atoms with Gasteiger partial charge in [0.2, 0.25) is 0 Å². The standard InChI is InChI=1S/C15H20F3N5/c1-10(6-7-11-4-2-3-5-11)19-12-8-9-13-20-21-14(15(16,17)18)23(13)22-12/h8-11H,2-7H2,1H3,(H,19,22). The van der Waals surface area contributed by atoms with Gasteiger partial charge in [0.1, 0.15) is 5.82 Å². The number of halogens is 3. The minimum atomic E-state index is -4.57. The quantitative estimate of drug-likeness (QED) is 0.904. The molecule has 23 heavy (non-hydrogen) atoms. The van der Waals surface area contributed by atoms with E-state index in [1.807, 2.05) is 6.92 Å². The molecule has 8 heteroatoms. The second-order valence-electron chi connectivity index (χ2n) is 6.28. The number of hydrogen-bond acceptors (Lipinski definition) is 4. The number of hydrogen-bond donors (Lipinski definition) is 1. The maximum Gasteiger partial charge on any atom is 0.453 e. The molecule has 2 aromatic rings. The number of anilines is 1. The highest BCUT2D eigenvalue weighted by Gasteiger charge is 2.37. The third-order valence-electron chi connectivity index (χ3n) is 4.39. The van der Waals surface area contributed by atoms with E-state index in [0.717, 1.165) is 23.3 Å². The molecule has 0 aliphatic heterocycles. The summed E-state index contributed by atoms with van der Waals surface area (Å²) in [6.07, 6.45) is 2.80. The Morgan fingerprint density at radius 2 is 2.00 bits per heavy atom. The minimum Gasteiger partial charge on any atom is -0.366 e. The molecule has 126 valence electrons. The number of fused-ring (bicyclic) bond motifs is 1. The van der Waals surface area contributed by atoms with E-state index in [1.54, 1.807) is 6.07 Å². The third-order valence-corrected chi connectivity index (χ3v) is 4.39. The van der Waals surface area contributed by atoms with Crippen LogP contribution < -0.4 is 5.32 Å². The molecular formula is C15H20F3N5. The highest BCUT2D eigenvalue weighted by atomic mass is 19.4. The maximum atomic E-state index is 12.9. The topological polar surface area (TPSA) is 55.1 Å². The van der Waals surface area contributed by atoms with E-state index >= 15 is 0 Å². The van der Waals surface area contributed by atoms with E-state index in [2.05, 4.69) is 20.6 Å². The molecule has 0 amide bonds. The summed E-state index contributed by atoms with van der Waals surface area (Å²) in [4.78, 5) is 0. The second kappa shape index (κ2) is 6.33. The molecule has 0 spiro atoms. The molecule has 1 N–H and O–H groups in total. The van der Waals surface area contributed by atoms with Crippen molar-refractivity contribution in [3.05, 3.63) is 18.0 Å². The fourth-order valence-corrected chi connectivity index (χ4v) is 3.15. The van der Waals surface area contributed by atoms with Crippen LogP contribution in [0.15, 0.2) is 12.1 Å². The zero-order valence-electron chi connectivity index (χ0n) is 13.0. The summed E-state index contributed by atoms with van der Waals surface area (Å²) in [5.74, 6) is 0.0980. The van der Waals surface area contributed by atoms with Crippen LogP contribution in [0.1, 0.15) is 51.3 Å². The van der Waals surface area contributed by atoms with E-state index in [1.165, 1.54) is 31.7 Å². The summed E-state index contributed by atoms with van der Waals surface area (Å²) in [6, 6.07) is 3.28. The third kappa shape index (κ3) is 3.73. The second-order valence-corrected chi connectivity index (χ2v) is 6.28. The Labute approximate surface area is 132 Å². The molecule has 1 atom stereocenters. The lowest BCUT2D eigenvalue weighted by Crippen LogP contribution is -2.19. The Balaban J connectivity index is 1.67. The van der Waals surface area contributed by atoms with Gasteiger partial charge in [0.15, 0.2) is 5.65 Å². The Bertz CT molecular complexity index is 661. The van der Waals surface area contributed by atoms with Crippen molar-refractivity contribution in [1.82, 2.24) is 19.8 Å². The molecule has 1 aliphatic carbocycles. The first-order valence-corrected chi connectivity index (χ1v) is 7.99. The summed E-state index contributed by atoms with van der Waals surface area (Å²) in [5, 5.41) is 13.8. The maximum absolute atomic E-state index is 12.9. The van der Waals surface area contributed by atoms with Crippen molar-refractivity contribution >= 4 is 11.5 Å². The predicted octanol–water partition coefficient (Wildman–Crippen LogP) is 3.91. The first-order chi connectivity index (χ1) is 10.9. The van der Waals surface area contributed by atoms with Gasteiger partial charge in [-0.25, -0.2) is 0 Å². The highest BCUT2D eigenvalue weighted by molar-refractivity contribution is 5.44. The summed E-state index contributed by atoms with van der Waals surface area (Å²) in [5.41, 5.74) is 0.0847. The Kier molecular flexibility index (Phi) is 4.41. The van der Waals surface area contributed by atoms with Crippen LogP contribution in [0, 0.1) is 5.92 Å². The molecule has 2 heterocycles. The molecule has 2 aromatic heterocycles. The monoisotopic (exact) mass is 327 g/mol. The zero-order valence-corrected chi connectivity index (χ0v) is 13.0. The van der Waals surface area contributed by atoms with Crippen molar-refractivity contribution in [3.63, 3.8) is 0 Å². The molecule has 1 saturated carbocycles. The fourth-order valence-electron chi connectivity index (χ4n) is 3.15. The first-order valence-electron chi connectivity index (χ1n) is 7.99. The number of nitrogens with zero attached hydrogens (tertiary/aromatic N) is 4. The van der Waals surface area contributed by atoms with Crippen LogP contribution in [-0.4, -0.2) is 25.9 Å². The molecule has 3 rings (SSSR count). The largest absolute Gasteiger partial charge is 0.453 e. The fraction of sp³-hybridized carbons (Fsp3) is 0.667. The van der Waals surface area contributed by atoms with E-state index < -0.39 is 12.0 Å². The SMILES string of the molecule is CC(CCC1CCCC1)Nc1ccc2nnc(C(F)(F)F)n2n1. The van der Waals surface area contributed by atoms with Crippen LogP contribution in [0.2, 0.25) is 0 Å². The van der Waals surface area contributed by atoms with Gasteiger partial charge >= 0.3 is 6.18 Å². The van der Waals surface area contributed by atoms with Gasteiger partial charge in [-0.05, 0) is 37.8 Å². The normalized spacial score (nSPS) is 17.7. The van der Waals surface area contributed by atoms with Crippen LogP contribution >= 0.6 is 0 Å². The van der Waals surface area contributed by atoms with Crippen molar-refractivity contribution in [1.29, 1.82) is 0 Å². The van der Waals surface area contributed by atoms with Crippen LogP contribution in [0.4, 0.5) is 19.0 Å². The summed E-state index contributed by atoms with van der Waals surface area (Å²) in [6.45, 7) is 2.03. The molecule has 0 radical (unpaired) electrons. The minimum absolute atomic E-state index is 0.0847. The molecule has 0 saturated heterocycles. The highest BCUT2D eigenvalue weighted by Crippen LogP contribution is 2.29. The molecule has 1 fully saturated rings. The van der Waals surface area contributed by atoms with Gasteiger partial charge in [-0.1, -0.05) is 25.7 Å². The Hall–Kier alpha value is -1.86. The van der Waals surface area contributed by atoms with Crippen molar-refractivity contribution in [2.24, 2.45) is 5.92 Å². The molecule has 1 aliphatic rings. The van der Waals surface area contributed by atoms with Crippen LogP contribution in [0.5, 0.6) is 0 Å². The van der Waals surface area contributed by atoms with Gasteiger partial charge in [0.25, 0.3) is 5.82 Å². The van der Waals surface area contributed by atoms with Crippen LogP contribution in [-0.2, 0) is 6.18 Å². The van der Waals surface area contributed by atoms with Gasteiger partial charge in [0.05, 0.1) is 0 Å². The van der Waals surface area contributed by atoms with Gasteiger partial charge in [0, 0.05) is 6.04 Å². The van der Waals surface area contributed by atoms with Gasteiger partial charge in [-0.3, -0.25) is 0 Å². The Morgan fingerprint density at radius 3 is 2.70 bits per heavy atom. The van der Waals surface area contributed by atoms with Crippen LogP contribution in [0.3, 0.4) is 0 Å². The molecule has 1 unspecified atom stereocenters. The Morgan fingerprint density at radius 1 is 1.26 bits per heavy atom. The molecule has 0 aromatic carbocycles. The van der Waals surface area contributed by atoms with Gasteiger partial charge < -0.3 is 5.32 Å². The van der Waals surface area contributed by atoms with Crippen molar-refractivity contribution in [2.75, 3.05) is 5.32 Å². The number of alkyl halides is 3. The number of nitrogens with one attached hydrogen (secondary N) is 1. The molecular weight excluding hydrogens is 307 g/mol. The average molecular weight is 327 g/mol. The lowest BCUT2D eigenvalue weighted by molar-refractivity contribution is -0.146. The average Bonchev–Trinajstić information content (AvgIpc) is 3.13. The van der Waals surface area contributed by atoms with E-state index in [0.29, 0.717) is 5.82 Å². The lowest BCUT2D eigenvalue weighted by Gasteiger charge is -2.17. The molecule has 0 bridgehead atoms. The zero-order chi connectivity index (χ0) is 16.4. The van der Waals surface area contributed by atoms with E-state index in [9.17, 15) is 13.2 Å². The summed E-state index contributed by atoms with van der Waals surface area (Å²) < 4.78 is 39.3. The van der Waals surface area contributed by atoms with Crippen molar-refractivity contribution in [3.8, 4) is 0 Å². The van der Waals surface area contributed by atoms with Gasteiger partial charge in [-0.2, -0.15) is 17.7 Å². The lowest BCUT2D eigenvalue weighted by atomic mass is 9.99. The summed E-state index contributed by atoms with van der Waals surface area (Å²) in [7, 11) is 0. The van der Waals surface area contributed by atoms with Crippen molar-refractivity contribution < 1.29 is 13.2 Å². The number of rotatable bonds is 5. The van der Waals surface area contributed by atoms with Crippen molar-refractivity contribution in [2.45, 2.75) is 57.7 Å². The van der Waals surface area contributed by atoms with Crippen LogP contribution in [0.25, 0.3) is 5.65 Å². The number of aromatic nitrogens is 4. The van der Waals surface area contributed by atoms with Gasteiger partial charge in [-0.15, -0.1) is 15.3 Å². The summed E-state index contributed by atoms with van der Waals surface area (Å²) >= 11 is 0. The smallest absolute Gasteiger partial charge is 0.366 e. The molecule has 5 nitrogen and oxygen atoms in total. The predicted molar refractivity (Wildman–Crippen MR) is 80.1 cm³/mol. The van der Waals surface area contributed by atoms with E-state index in [-0.39, 0.29) is 11.7 Å². The first kappa shape index (κ1) is 16.0. The van der Waals surface area contributed by atoms with E-state index in [4.69, 9.17) is 0 Å².